The fourth-order valence-corrected chi connectivity index (χ4v) is 1.84. The van der Waals surface area contributed by atoms with Crippen LogP contribution in [0.3, 0.4) is 0 Å². The van der Waals surface area contributed by atoms with Crippen molar-refractivity contribution in [2.75, 3.05) is 0 Å². The summed E-state index contributed by atoms with van der Waals surface area (Å²) in [5.74, 6) is 0. The van der Waals surface area contributed by atoms with Gasteiger partial charge in [-0.25, -0.2) is 0 Å². The number of rotatable bonds is 4. The second kappa shape index (κ2) is 5.80. The van der Waals surface area contributed by atoms with Crippen molar-refractivity contribution in [2.24, 2.45) is 0 Å². The fraction of sp³-hybridized carbons (Fsp3) is 0.214. The van der Waals surface area contributed by atoms with Crippen LogP contribution in [0.25, 0.3) is 0 Å². The van der Waals surface area contributed by atoms with Gasteiger partial charge in [0.15, 0.2) is 0 Å². The lowest BCUT2D eigenvalue weighted by atomic mass is 10.2. The Labute approximate surface area is 107 Å². The van der Waals surface area contributed by atoms with Gasteiger partial charge < -0.3 is 5.32 Å². The zero-order valence-corrected chi connectivity index (χ0v) is 10.5. The molecule has 1 aromatic heterocycles. The van der Waals surface area contributed by atoms with E-state index in [0.29, 0.717) is 0 Å². The molecule has 0 bridgehead atoms. The van der Waals surface area contributed by atoms with Gasteiger partial charge in [-0.15, -0.1) is 0 Å². The quantitative estimate of drug-likeness (QED) is 0.892. The van der Waals surface area contributed by atoms with Gasteiger partial charge in [-0.3, -0.25) is 4.98 Å². The SMILES string of the molecule is C[C@H](NCc1ccccc1Cl)c1ccccn1. The summed E-state index contributed by atoms with van der Waals surface area (Å²) < 4.78 is 0. The summed E-state index contributed by atoms with van der Waals surface area (Å²) in [4.78, 5) is 4.32. The molecule has 17 heavy (non-hydrogen) atoms. The van der Waals surface area contributed by atoms with Crippen molar-refractivity contribution in [3.8, 4) is 0 Å². The molecular formula is C14H15ClN2. The molecule has 0 spiro atoms. The van der Waals surface area contributed by atoms with Gasteiger partial charge in [-0.05, 0) is 30.7 Å². The highest BCUT2D eigenvalue weighted by Gasteiger charge is 2.06. The minimum Gasteiger partial charge on any atom is -0.305 e. The zero-order valence-electron chi connectivity index (χ0n) is 9.73. The first-order valence-corrected chi connectivity index (χ1v) is 6.03. The Morgan fingerprint density at radius 3 is 2.65 bits per heavy atom. The Morgan fingerprint density at radius 2 is 1.94 bits per heavy atom. The van der Waals surface area contributed by atoms with Crippen molar-refractivity contribution in [1.82, 2.24) is 10.3 Å². The fourth-order valence-electron chi connectivity index (χ4n) is 1.64. The van der Waals surface area contributed by atoms with Gasteiger partial charge >= 0.3 is 0 Å². The third kappa shape index (κ3) is 3.29. The lowest BCUT2D eigenvalue weighted by Crippen LogP contribution is -2.19. The maximum atomic E-state index is 6.10. The molecule has 0 fully saturated rings. The number of pyridine rings is 1. The molecule has 0 unspecified atom stereocenters. The molecule has 3 heteroatoms. The highest BCUT2D eigenvalue weighted by atomic mass is 35.5. The van der Waals surface area contributed by atoms with Gasteiger partial charge in [0.1, 0.15) is 0 Å². The molecule has 0 aliphatic heterocycles. The van der Waals surface area contributed by atoms with Crippen LogP contribution in [0.2, 0.25) is 5.02 Å². The molecule has 88 valence electrons. The predicted octanol–water partition coefficient (Wildman–Crippen LogP) is 3.59. The van der Waals surface area contributed by atoms with Crippen LogP contribution in [-0.2, 0) is 6.54 Å². The number of hydrogen-bond donors (Lipinski definition) is 1. The Balaban J connectivity index is 1.97. The van der Waals surface area contributed by atoms with Crippen LogP contribution < -0.4 is 5.32 Å². The van der Waals surface area contributed by atoms with E-state index in [1.165, 1.54) is 0 Å². The summed E-state index contributed by atoms with van der Waals surface area (Å²) in [6, 6.07) is 14.0. The molecule has 2 rings (SSSR count). The Hall–Kier alpha value is -1.38. The number of hydrogen-bond acceptors (Lipinski definition) is 2. The third-order valence-corrected chi connectivity index (χ3v) is 3.06. The smallest absolute Gasteiger partial charge is 0.0570 e. The summed E-state index contributed by atoms with van der Waals surface area (Å²) >= 11 is 6.10. The van der Waals surface area contributed by atoms with Crippen molar-refractivity contribution < 1.29 is 0 Å². The lowest BCUT2D eigenvalue weighted by Gasteiger charge is -2.13. The molecule has 1 atom stereocenters. The van der Waals surface area contributed by atoms with Crippen LogP contribution >= 0.6 is 11.6 Å². The molecule has 2 aromatic rings. The number of halogens is 1. The van der Waals surface area contributed by atoms with Gasteiger partial charge in [0.2, 0.25) is 0 Å². The first-order valence-electron chi connectivity index (χ1n) is 5.65. The summed E-state index contributed by atoms with van der Waals surface area (Å²) in [5.41, 5.74) is 2.15. The number of benzene rings is 1. The molecule has 2 nitrogen and oxygen atoms in total. The highest BCUT2D eigenvalue weighted by Crippen LogP contribution is 2.16. The molecule has 0 amide bonds. The maximum Gasteiger partial charge on any atom is 0.0570 e. The van der Waals surface area contributed by atoms with Crippen LogP contribution in [0.1, 0.15) is 24.2 Å². The molecule has 0 radical (unpaired) electrons. The highest BCUT2D eigenvalue weighted by molar-refractivity contribution is 6.31. The van der Waals surface area contributed by atoms with Crippen LogP contribution in [-0.4, -0.2) is 4.98 Å². The van der Waals surface area contributed by atoms with Gasteiger partial charge in [0, 0.05) is 23.8 Å². The van der Waals surface area contributed by atoms with E-state index in [-0.39, 0.29) is 6.04 Å². The summed E-state index contributed by atoms with van der Waals surface area (Å²) in [6.45, 7) is 2.84. The minimum atomic E-state index is 0.215. The van der Waals surface area contributed by atoms with E-state index in [4.69, 9.17) is 11.6 Å². The van der Waals surface area contributed by atoms with E-state index in [9.17, 15) is 0 Å². The minimum absolute atomic E-state index is 0.215. The average molecular weight is 247 g/mol. The standard InChI is InChI=1S/C14H15ClN2/c1-11(14-8-4-5-9-16-14)17-10-12-6-2-3-7-13(12)15/h2-9,11,17H,10H2,1H3/t11-/m0/s1. The van der Waals surface area contributed by atoms with Gasteiger partial charge in [0.25, 0.3) is 0 Å². The van der Waals surface area contributed by atoms with E-state index in [1.54, 1.807) is 0 Å². The van der Waals surface area contributed by atoms with Gasteiger partial charge in [-0.2, -0.15) is 0 Å². The molecule has 1 aromatic carbocycles. The molecule has 0 saturated carbocycles. The Bertz CT molecular complexity index is 471. The number of nitrogens with one attached hydrogen (secondary N) is 1. The van der Waals surface area contributed by atoms with Crippen LogP contribution in [0.5, 0.6) is 0 Å². The van der Waals surface area contributed by atoms with Crippen LogP contribution in [0.4, 0.5) is 0 Å². The van der Waals surface area contributed by atoms with E-state index in [2.05, 4.69) is 17.2 Å². The summed E-state index contributed by atoms with van der Waals surface area (Å²) in [5, 5.41) is 4.21. The van der Waals surface area contributed by atoms with Crippen LogP contribution in [0.15, 0.2) is 48.7 Å². The molecule has 1 heterocycles. The molecule has 0 saturated heterocycles. The Kier molecular flexibility index (Phi) is 4.13. The zero-order chi connectivity index (χ0) is 12.1. The van der Waals surface area contributed by atoms with E-state index in [0.717, 1.165) is 22.8 Å². The first kappa shape index (κ1) is 12.1. The summed E-state index contributed by atoms with van der Waals surface area (Å²) in [6.07, 6.45) is 1.81. The van der Waals surface area contributed by atoms with Gasteiger partial charge in [-0.1, -0.05) is 35.9 Å². The predicted molar refractivity (Wildman–Crippen MR) is 70.9 cm³/mol. The van der Waals surface area contributed by atoms with E-state index >= 15 is 0 Å². The average Bonchev–Trinajstić information content (AvgIpc) is 2.38. The summed E-state index contributed by atoms with van der Waals surface area (Å²) in [7, 11) is 0. The van der Waals surface area contributed by atoms with Crippen molar-refractivity contribution in [3.63, 3.8) is 0 Å². The normalized spacial score (nSPS) is 12.4. The molecular weight excluding hydrogens is 232 g/mol. The topological polar surface area (TPSA) is 24.9 Å². The van der Waals surface area contributed by atoms with Crippen molar-refractivity contribution in [2.45, 2.75) is 19.5 Å². The van der Waals surface area contributed by atoms with Crippen molar-refractivity contribution in [3.05, 3.63) is 64.9 Å². The number of nitrogens with zero attached hydrogens (tertiary/aromatic N) is 1. The molecule has 0 aliphatic rings. The molecule has 1 N–H and O–H groups in total. The Morgan fingerprint density at radius 1 is 1.18 bits per heavy atom. The number of aromatic nitrogens is 1. The van der Waals surface area contributed by atoms with E-state index in [1.807, 2.05) is 48.7 Å². The molecule has 0 aliphatic carbocycles. The third-order valence-electron chi connectivity index (χ3n) is 2.69. The van der Waals surface area contributed by atoms with Crippen molar-refractivity contribution >= 4 is 11.6 Å². The second-order valence-corrected chi connectivity index (χ2v) is 4.36. The second-order valence-electron chi connectivity index (χ2n) is 3.95. The van der Waals surface area contributed by atoms with Gasteiger partial charge in [0.05, 0.1) is 5.69 Å². The largest absolute Gasteiger partial charge is 0.305 e. The maximum absolute atomic E-state index is 6.10. The lowest BCUT2D eigenvalue weighted by molar-refractivity contribution is 0.561. The monoisotopic (exact) mass is 246 g/mol. The van der Waals surface area contributed by atoms with Crippen molar-refractivity contribution in [1.29, 1.82) is 0 Å². The van der Waals surface area contributed by atoms with Crippen LogP contribution in [0, 0.1) is 0 Å². The van der Waals surface area contributed by atoms with E-state index < -0.39 is 0 Å². The first-order chi connectivity index (χ1) is 8.27.